The lowest BCUT2D eigenvalue weighted by Gasteiger charge is -2.27. The summed E-state index contributed by atoms with van der Waals surface area (Å²) >= 11 is 6.10. The summed E-state index contributed by atoms with van der Waals surface area (Å²) in [5.74, 6) is 0.682. The SMILES string of the molecule is CS(=O)(=O)c1ccc(NCC2(CCl)CCCC2)cc1. The fourth-order valence-electron chi connectivity index (χ4n) is 2.59. The highest BCUT2D eigenvalue weighted by Gasteiger charge is 2.32. The molecule has 1 fully saturated rings. The van der Waals surface area contributed by atoms with Crippen molar-refractivity contribution in [3.05, 3.63) is 24.3 Å². The van der Waals surface area contributed by atoms with E-state index in [2.05, 4.69) is 5.32 Å². The highest BCUT2D eigenvalue weighted by atomic mass is 35.5. The molecule has 5 heteroatoms. The molecule has 1 N–H and O–H groups in total. The second-order valence-electron chi connectivity index (χ2n) is 5.49. The van der Waals surface area contributed by atoms with Crippen LogP contribution in [0.25, 0.3) is 0 Å². The highest BCUT2D eigenvalue weighted by molar-refractivity contribution is 7.90. The maximum absolute atomic E-state index is 11.4. The Kier molecular flexibility index (Phi) is 4.41. The summed E-state index contributed by atoms with van der Waals surface area (Å²) in [6.07, 6.45) is 6.06. The van der Waals surface area contributed by atoms with Crippen molar-refractivity contribution in [2.24, 2.45) is 5.41 Å². The van der Waals surface area contributed by atoms with E-state index in [0.717, 1.165) is 12.2 Å². The minimum Gasteiger partial charge on any atom is -0.384 e. The first-order valence-electron chi connectivity index (χ1n) is 6.55. The minimum atomic E-state index is -3.12. The molecule has 3 nitrogen and oxygen atoms in total. The van der Waals surface area contributed by atoms with Gasteiger partial charge in [0.2, 0.25) is 0 Å². The summed E-state index contributed by atoms with van der Waals surface area (Å²) in [7, 11) is -3.12. The molecule has 1 aromatic carbocycles. The largest absolute Gasteiger partial charge is 0.384 e. The number of anilines is 1. The molecule has 1 aliphatic carbocycles. The van der Waals surface area contributed by atoms with Crippen molar-refractivity contribution in [2.45, 2.75) is 30.6 Å². The van der Waals surface area contributed by atoms with Crippen molar-refractivity contribution in [1.29, 1.82) is 0 Å². The van der Waals surface area contributed by atoms with Crippen molar-refractivity contribution >= 4 is 27.1 Å². The second kappa shape index (κ2) is 5.71. The maximum atomic E-state index is 11.4. The first kappa shape index (κ1) is 14.7. The molecular weight excluding hydrogens is 282 g/mol. The molecule has 106 valence electrons. The van der Waals surface area contributed by atoms with Gasteiger partial charge in [-0.2, -0.15) is 0 Å². The van der Waals surface area contributed by atoms with E-state index >= 15 is 0 Å². The molecule has 1 aliphatic rings. The van der Waals surface area contributed by atoms with Crippen molar-refractivity contribution in [2.75, 3.05) is 24.0 Å². The molecule has 0 heterocycles. The zero-order chi connectivity index (χ0) is 13.9. The van der Waals surface area contributed by atoms with E-state index in [1.54, 1.807) is 12.1 Å². The Morgan fingerprint density at radius 1 is 1.21 bits per heavy atom. The van der Waals surface area contributed by atoms with Crippen LogP contribution < -0.4 is 5.32 Å². The number of hydrogen-bond donors (Lipinski definition) is 1. The van der Waals surface area contributed by atoms with E-state index in [4.69, 9.17) is 11.6 Å². The zero-order valence-corrected chi connectivity index (χ0v) is 12.7. The van der Waals surface area contributed by atoms with Crippen molar-refractivity contribution in [3.63, 3.8) is 0 Å². The van der Waals surface area contributed by atoms with Gasteiger partial charge in [0.25, 0.3) is 0 Å². The normalized spacial score (nSPS) is 18.4. The van der Waals surface area contributed by atoms with Crippen molar-refractivity contribution < 1.29 is 8.42 Å². The molecule has 0 aromatic heterocycles. The fraction of sp³-hybridized carbons (Fsp3) is 0.571. The van der Waals surface area contributed by atoms with Gasteiger partial charge in [-0.3, -0.25) is 0 Å². The average Bonchev–Trinajstić information content (AvgIpc) is 2.85. The van der Waals surface area contributed by atoms with Crippen LogP contribution in [0, 0.1) is 5.41 Å². The van der Waals surface area contributed by atoms with Crippen LogP contribution in [0.5, 0.6) is 0 Å². The maximum Gasteiger partial charge on any atom is 0.175 e. The Labute approximate surface area is 120 Å². The Morgan fingerprint density at radius 3 is 2.26 bits per heavy atom. The standard InChI is InChI=1S/C14H20ClNO2S/c1-19(17,18)13-6-4-12(5-7-13)16-11-14(10-15)8-2-3-9-14/h4-7,16H,2-3,8-11H2,1H3. The van der Waals surface area contributed by atoms with Crippen LogP contribution in [-0.2, 0) is 9.84 Å². The molecule has 0 bridgehead atoms. The Balaban J connectivity index is 2.00. The molecule has 1 saturated carbocycles. The van der Waals surface area contributed by atoms with Crippen LogP contribution in [0.15, 0.2) is 29.2 Å². The summed E-state index contributed by atoms with van der Waals surface area (Å²) in [5, 5.41) is 3.38. The third-order valence-electron chi connectivity index (χ3n) is 3.90. The lowest BCUT2D eigenvalue weighted by Crippen LogP contribution is -2.28. The van der Waals surface area contributed by atoms with Crippen LogP contribution in [0.4, 0.5) is 5.69 Å². The summed E-state index contributed by atoms with van der Waals surface area (Å²) in [4.78, 5) is 0.353. The monoisotopic (exact) mass is 301 g/mol. The molecular formula is C14H20ClNO2S. The summed E-state index contributed by atoms with van der Waals surface area (Å²) in [6.45, 7) is 0.856. The van der Waals surface area contributed by atoms with Gasteiger partial charge in [0.1, 0.15) is 0 Å². The van der Waals surface area contributed by atoms with E-state index in [1.807, 2.05) is 12.1 Å². The van der Waals surface area contributed by atoms with Gasteiger partial charge in [0.15, 0.2) is 9.84 Å². The predicted octanol–water partition coefficient (Wildman–Crippen LogP) is 3.30. The number of halogens is 1. The Bertz CT molecular complexity index is 519. The lowest BCUT2D eigenvalue weighted by molar-refractivity contribution is 0.368. The van der Waals surface area contributed by atoms with Crippen LogP contribution in [0.2, 0.25) is 0 Å². The molecule has 0 spiro atoms. The smallest absolute Gasteiger partial charge is 0.175 e. The van der Waals surface area contributed by atoms with Crippen LogP contribution in [0.1, 0.15) is 25.7 Å². The molecule has 0 amide bonds. The molecule has 19 heavy (non-hydrogen) atoms. The molecule has 0 atom stereocenters. The quantitative estimate of drug-likeness (QED) is 0.849. The van der Waals surface area contributed by atoms with E-state index in [0.29, 0.717) is 10.8 Å². The number of rotatable bonds is 5. The summed E-state index contributed by atoms with van der Waals surface area (Å²) in [5.41, 5.74) is 1.15. The van der Waals surface area contributed by atoms with Crippen LogP contribution in [0.3, 0.4) is 0 Å². The zero-order valence-electron chi connectivity index (χ0n) is 11.2. The molecule has 0 aliphatic heterocycles. The first-order chi connectivity index (χ1) is 8.95. The topological polar surface area (TPSA) is 46.2 Å². The van der Waals surface area contributed by atoms with Gasteiger partial charge in [0, 0.05) is 29.8 Å². The van der Waals surface area contributed by atoms with Crippen LogP contribution in [-0.4, -0.2) is 27.1 Å². The first-order valence-corrected chi connectivity index (χ1v) is 8.98. The molecule has 0 unspecified atom stereocenters. The van der Waals surface area contributed by atoms with Gasteiger partial charge in [0.05, 0.1) is 4.90 Å². The third kappa shape index (κ3) is 3.63. The predicted molar refractivity (Wildman–Crippen MR) is 79.7 cm³/mol. The van der Waals surface area contributed by atoms with Crippen molar-refractivity contribution in [3.8, 4) is 0 Å². The van der Waals surface area contributed by atoms with E-state index < -0.39 is 9.84 Å². The van der Waals surface area contributed by atoms with Gasteiger partial charge < -0.3 is 5.32 Å². The van der Waals surface area contributed by atoms with Gasteiger partial charge in [-0.25, -0.2) is 8.42 Å². The van der Waals surface area contributed by atoms with Gasteiger partial charge >= 0.3 is 0 Å². The lowest BCUT2D eigenvalue weighted by atomic mass is 9.88. The number of benzene rings is 1. The average molecular weight is 302 g/mol. The fourth-order valence-corrected chi connectivity index (χ4v) is 3.58. The van der Waals surface area contributed by atoms with Crippen molar-refractivity contribution in [1.82, 2.24) is 0 Å². The number of sulfone groups is 1. The molecule has 2 rings (SSSR count). The second-order valence-corrected chi connectivity index (χ2v) is 7.77. The van der Waals surface area contributed by atoms with E-state index in [1.165, 1.54) is 31.9 Å². The molecule has 0 saturated heterocycles. The highest BCUT2D eigenvalue weighted by Crippen LogP contribution is 2.39. The van der Waals surface area contributed by atoms with Gasteiger partial charge in [-0.05, 0) is 37.1 Å². The number of hydrogen-bond acceptors (Lipinski definition) is 3. The van der Waals surface area contributed by atoms with E-state index in [9.17, 15) is 8.42 Å². The molecule has 0 radical (unpaired) electrons. The van der Waals surface area contributed by atoms with Gasteiger partial charge in [-0.1, -0.05) is 12.8 Å². The van der Waals surface area contributed by atoms with Gasteiger partial charge in [-0.15, -0.1) is 11.6 Å². The number of alkyl halides is 1. The third-order valence-corrected chi connectivity index (χ3v) is 5.59. The Morgan fingerprint density at radius 2 is 1.79 bits per heavy atom. The van der Waals surface area contributed by atoms with Crippen LogP contribution >= 0.6 is 11.6 Å². The summed E-state index contributed by atoms with van der Waals surface area (Å²) in [6, 6.07) is 6.90. The number of nitrogens with one attached hydrogen (secondary N) is 1. The summed E-state index contributed by atoms with van der Waals surface area (Å²) < 4.78 is 22.7. The minimum absolute atomic E-state index is 0.205. The molecule has 1 aromatic rings. The van der Waals surface area contributed by atoms with E-state index in [-0.39, 0.29) is 5.41 Å². The Hall–Kier alpha value is -0.740.